The molecule has 0 saturated heterocycles. The van der Waals surface area contributed by atoms with E-state index in [4.69, 9.17) is 5.84 Å². The fourth-order valence-electron chi connectivity index (χ4n) is 1.45. The molecule has 7 nitrogen and oxygen atoms in total. The fourth-order valence-corrected chi connectivity index (χ4v) is 2.30. The lowest BCUT2D eigenvalue weighted by Gasteiger charge is -2.04. The Bertz CT molecular complexity index is 578. The van der Waals surface area contributed by atoms with Crippen molar-refractivity contribution < 1.29 is 0 Å². The van der Waals surface area contributed by atoms with Crippen molar-refractivity contribution in [3.63, 3.8) is 0 Å². The van der Waals surface area contributed by atoms with E-state index in [1.165, 1.54) is 11.8 Å². The molecule has 8 heteroatoms. The van der Waals surface area contributed by atoms with E-state index in [1.807, 2.05) is 19.1 Å². The quantitative estimate of drug-likeness (QED) is 0.547. The molecule has 2 aromatic heterocycles. The Balaban J connectivity index is 2.25. The summed E-state index contributed by atoms with van der Waals surface area (Å²) in [5.74, 6) is 5.86. The number of anilines is 1. The van der Waals surface area contributed by atoms with Crippen molar-refractivity contribution in [1.29, 1.82) is 0 Å². The highest BCUT2D eigenvalue weighted by Crippen LogP contribution is 2.23. The van der Waals surface area contributed by atoms with E-state index in [1.54, 1.807) is 10.6 Å². The number of nitrogens with two attached hydrogens (primary N) is 1. The minimum absolute atomic E-state index is 0.201. The van der Waals surface area contributed by atoms with Crippen molar-refractivity contribution in [3.8, 4) is 0 Å². The lowest BCUT2D eigenvalue weighted by molar-refractivity contribution is 0.603. The number of hydrogen-bond donors (Lipinski definition) is 3. The number of aromatic nitrogens is 4. The van der Waals surface area contributed by atoms with Crippen molar-refractivity contribution in [1.82, 2.24) is 19.7 Å². The summed E-state index contributed by atoms with van der Waals surface area (Å²) < 4.78 is 1.59. The van der Waals surface area contributed by atoms with Gasteiger partial charge >= 0.3 is 5.69 Å². The molecule has 2 heterocycles. The molecule has 0 aromatic carbocycles. The summed E-state index contributed by atoms with van der Waals surface area (Å²) in [4.78, 5) is 15.8. The molecule has 0 saturated carbocycles. The zero-order valence-corrected chi connectivity index (χ0v) is 10.7. The molecule has 0 aliphatic rings. The molecule has 0 amide bonds. The van der Waals surface area contributed by atoms with Gasteiger partial charge in [-0.3, -0.25) is 4.57 Å². The van der Waals surface area contributed by atoms with Crippen LogP contribution in [-0.4, -0.2) is 19.7 Å². The summed E-state index contributed by atoms with van der Waals surface area (Å²) in [7, 11) is 0. The number of aromatic amines is 1. The standard InChI is InChI=1S/C10H14N6OS/c1-2-6-16-9(17)14-15-10(16)18-8-5-3-4-7(12-8)13-11/h3-5H,2,6,11H2,1H3,(H,12,13)(H,14,17). The SMILES string of the molecule is CCCn1c(Sc2cccc(NN)n2)n[nH]c1=O. The minimum atomic E-state index is -0.201. The highest BCUT2D eigenvalue weighted by Gasteiger charge is 2.10. The van der Waals surface area contributed by atoms with E-state index in [-0.39, 0.29) is 5.69 Å². The third-order valence-electron chi connectivity index (χ3n) is 2.24. The van der Waals surface area contributed by atoms with Gasteiger partial charge in [-0.25, -0.2) is 20.7 Å². The largest absolute Gasteiger partial charge is 0.343 e. The van der Waals surface area contributed by atoms with Gasteiger partial charge in [0.05, 0.1) is 0 Å². The molecule has 4 N–H and O–H groups in total. The fraction of sp³-hybridized carbons (Fsp3) is 0.300. The van der Waals surface area contributed by atoms with Crippen molar-refractivity contribution in [2.75, 3.05) is 5.43 Å². The summed E-state index contributed by atoms with van der Waals surface area (Å²) in [6.45, 7) is 2.64. The van der Waals surface area contributed by atoms with Gasteiger partial charge in [-0.2, -0.15) is 0 Å². The maximum atomic E-state index is 11.5. The third kappa shape index (κ3) is 2.71. The molecular weight excluding hydrogens is 252 g/mol. The molecule has 0 spiro atoms. The number of pyridine rings is 1. The van der Waals surface area contributed by atoms with E-state index >= 15 is 0 Å². The first kappa shape index (κ1) is 12.7. The molecule has 2 aromatic rings. The van der Waals surface area contributed by atoms with Gasteiger partial charge in [0.15, 0.2) is 5.16 Å². The van der Waals surface area contributed by atoms with Gasteiger partial charge in [-0.15, -0.1) is 5.10 Å². The van der Waals surface area contributed by atoms with Gasteiger partial charge in [0.2, 0.25) is 0 Å². The second-order valence-corrected chi connectivity index (χ2v) is 4.56. The summed E-state index contributed by atoms with van der Waals surface area (Å²) >= 11 is 1.32. The molecule has 0 bridgehead atoms. The highest BCUT2D eigenvalue weighted by atomic mass is 32.2. The number of nitrogens with zero attached hydrogens (tertiary/aromatic N) is 3. The van der Waals surface area contributed by atoms with Crippen molar-refractivity contribution in [2.24, 2.45) is 5.84 Å². The number of H-pyrrole nitrogens is 1. The minimum Gasteiger partial charge on any atom is -0.308 e. The summed E-state index contributed by atoms with van der Waals surface area (Å²) in [5, 5.41) is 7.75. The number of hydrogen-bond acceptors (Lipinski definition) is 6. The lowest BCUT2D eigenvalue weighted by Crippen LogP contribution is -2.17. The normalized spacial score (nSPS) is 10.6. The Labute approximate surface area is 108 Å². The number of nitrogen functional groups attached to an aromatic ring is 1. The average Bonchev–Trinajstić information content (AvgIpc) is 2.72. The summed E-state index contributed by atoms with van der Waals surface area (Å²) in [6.07, 6.45) is 0.866. The zero-order chi connectivity index (χ0) is 13.0. The summed E-state index contributed by atoms with van der Waals surface area (Å²) in [6, 6.07) is 5.42. The Hall–Kier alpha value is -1.80. The van der Waals surface area contributed by atoms with Crippen LogP contribution in [0.1, 0.15) is 13.3 Å². The molecule has 96 valence electrons. The molecule has 0 aliphatic carbocycles. The van der Waals surface area contributed by atoms with Crippen LogP contribution in [0.15, 0.2) is 33.2 Å². The van der Waals surface area contributed by atoms with Crippen LogP contribution in [0, 0.1) is 0 Å². The highest BCUT2D eigenvalue weighted by molar-refractivity contribution is 7.99. The van der Waals surface area contributed by atoms with Crippen LogP contribution in [0.2, 0.25) is 0 Å². The van der Waals surface area contributed by atoms with Gasteiger partial charge in [0.25, 0.3) is 0 Å². The van der Waals surface area contributed by atoms with Crippen LogP contribution < -0.4 is 17.0 Å². The van der Waals surface area contributed by atoms with Crippen molar-refractivity contribution in [2.45, 2.75) is 30.1 Å². The van der Waals surface area contributed by atoms with E-state index in [9.17, 15) is 4.79 Å². The van der Waals surface area contributed by atoms with Crippen molar-refractivity contribution >= 4 is 17.6 Å². The van der Waals surface area contributed by atoms with E-state index in [0.717, 1.165) is 11.4 Å². The predicted molar refractivity (Wildman–Crippen MR) is 69.3 cm³/mol. The lowest BCUT2D eigenvalue weighted by atomic mass is 10.5. The van der Waals surface area contributed by atoms with Gasteiger partial charge in [0.1, 0.15) is 10.8 Å². The first-order valence-electron chi connectivity index (χ1n) is 5.51. The second kappa shape index (κ2) is 5.69. The maximum absolute atomic E-state index is 11.5. The van der Waals surface area contributed by atoms with Gasteiger partial charge in [-0.05, 0) is 30.3 Å². The van der Waals surface area contributed by atoms with Crippen LogP contribution in [-0.2, 0) is 6.54 Å². The molecule has 0 unspecified atom stereocenters. The molecule has 0 fully saturated rings. The monoisotopic (exact) mass is 266 g/mol. The van der Waals surface area contributed by atoms with Crippen LogP contribution in [0.3, 0.4) is 0 Å². The van der Waals surface area contributed by atoms with Gasteiger partial charge in [-0.1, -0.05) is 13.0 Å². The number of hydrazine groups is 1. The topological polar surface area (TPSA) is 102 Å². The van der Waals surface area contributed by atoms with Crippen LogP contribution in [0.4, 0.5) is 5.82 Å². The molecule has 18 heavy (non-hydrogen) atoms. The molecular formula is C10H14N6OS. The Kier molecular flexibility index (Phi) is 4.00. The van der Waals surface area contributed by atoms with E-state index < -0.39 is 0 Å². The van der Waals surface area contributed by atoms with E-state index in [0.29, 0.717) is 17.5 Å². The first-order valence-corrected chi connectivity index (χ1v) is 6.33. The van der Waals surface area contributed by atoms with Crippen LogP contribution in [0.25, 0.3) is 0 Å². The summed E-state index contributed by atoms with van der Waals surface area (Å²) in [5.41, 5.74) is 2.28. The third-order valence-corrected chi connectivity index (χ3v) is 3.17. The Morgan fingerprint density at radius 1 is 1.56 bits per heavy atom. The Morgan fingerprint density at radius 2 is 2.39 bits per heavy atom. The number of rotatable bonds is 5. The first-order chi connectivity index (χ1) is 8.74. The van der Waals surface area contributed by atoms with Crippen LogP contribution >= 0.6 is 11.8 Å². The predicted octanol–water partition coefficient (Wildman–Crippen LogP) is 0.813. The molecule has 2 rings (SSSR count). The van der Waals surface area contributed by atoms with E-state index in [2.05, 4.69) is 20.6 Å². The zero-order valence-electron chi connectivity index (χ0n) is 9.88. The molecule has 0 atom stereocenters. The average molecular weight is 266 g/mol. The second-order valence-electron chi connectivity index (χ2n) is 3.57. The Morgan fingerprint density at radius 3 is 3.11 bits per heavy atom. The van der Waals surface area contributed by atoms with Gasteiger partial charge in [0, 0.05) is 6.54 Å². The smallest absolute Gasteiger partial charge is 0.308 e. The van der Waals surface area contributed by atoms with Crippen molar-refractivity contribution in [3.05, 3.63) is 28.7 Å². The van der Waals surface area contributed by atoms with Gasteiger partial charge < -0.3 is 5.43 Å². The maximum Gasteiger partial charge on any atom is 0.343 e. The number of nitrogens with one attached hydrogen (secondary N) is 2. The van der Waals surface area contributed by atoms with Crippen LogP contribution in [0.5, 0.6) is 0 Å². The molecule has 0 radical (unpaired) electrons. The molecule has 0 aliphatic heterocycles.